The summed E-state index contributed by atoms with van der Waals surface area (Å²) in [5, 5.41) is 18.8. The Hall–Kier alpha value is -2.83. The van der Waals surface area contributed by atoms with Crippen LogP contribution in [0.15, 0.2) is 30.3 Å². The first-order valence-corrected chi connectivity index (χ1v) is 8.03. The number of rotatable bonds is 6. The largest absolute Gasteiger partial charge is 0.480 e. The molecular weight excluding hydrogens is 320 g/mol. The lowest BCUT2D eigenvalue weighted by Crippen LogP contribution is -2.26. The first-order chi connectivity index (χ1) is 11.7. The number of hydrogen-bond acceptors (Lipinski definition) is 4. The van der Waals surface area contributed by atoms with Crippen molar-refractivity contribution in [3.63, 3.8) is 0 Å². The lowest BCUT2D eigenvalue weighted by molar-refractivity contribution is -0.134. The number of nitrogens with zero attached hydrogens (tertiary/aromatic N) is 2. The van der Waals surface area contributed by atoms with Crippen LogP contribution in [0.2, 0.25) is 0 Å². The highest BCUT2D eigenvalue weighted by Gasteiger charge is 2.19. The van der Waals surface area contributed by atoms with Gasteiger partial charge in [0.1, 0.15) is 6.54 Å². The molecule has 0 radical (unpaired) electrons. The number of amides is 1. The van der Waals surface area contributed by atoms with Crippen LogP contribution in [0.25, 0.3) is 0 Å². The van der Waals surface area contributed by atoms with Gasteiger partial charge in [0.05, 0.1) is 17.9 Å². The summed E-state index contributed by atoms with van der Waals surface area (Å²) >= 11 is 0. The number of nitrogens with one attached hydrogen (secondary N) is 2. The summed E-state index contributed by atoms with van der Waals surface area (Å²) in [6, 6.07) is 8.77. The van der Waals surface area contributed by atoms with Gasteiger partial charge in [0.15, 0.2) is 0 Å². The number of aromatic amines is 1. The molecule has 134 valence electrons. The molecule has 0 aliphatic heterocycles. The molecule has 2 rings (SSSR count). The molecule has 0 atom stereocenters. The molecule has 25 heavy (non-hydrogen) atoms. The van der Waals surface area contributed by atoms with Gasteiger partial charge in [-0.2, -0.15) is 5.10 Å². The maximum atomic E-state index is 12.6. The van der Waals surface area contributed by atoms with Crippen molar-refractivity contribution in [3.8, 4) is 0 Å². The number of carbonyl (C=O) groups excluding carboxylic acids is 1. The highest BCUT2D eigenvalue weighted by atomic mass is 16.4. The van der Waals surface area contributed by atoms with E-state index in [0.29, 0.717) is 17.8 Å². The second-order valence-corrected chi connectivity index (χ2v) is 7.02. The van der Waals surface area contributed by atoms with Crippen molar-refractivity contribution in [2.45, 2.75) is 32.7 Å². The number of aromatic nitrogens is 2. The molecule has 0 unspecified atom stereocenters. The van der Waals surface area contributed by atoms with E-state index in [1.54, 1.807) is 36.2 Å². The Balaban J connectivity index is 2.05. The van der Waals surface area contributed by atoms with Crippen molar-refractivity contribution in [1.82, 2.24) is 15.1 Å². The Kier molecular flexibility index (Phi) is 5.46. The van der Waals surface area contributed by atoms with Crippen LogP contribution in [-0.4, -0.2) is 45.7 Å². The smallest absolute Gasteiger partial charge is 0.322 e. The van der Waals surface area contributed by atoms with Gasteiger partial charge >= 0.3 is 5.97 Å². The van der Waals surface area contributed by atoms with E-state index in [2.05, 4.69) is 36.3 Å². The summed E-state index contributed by atoms with van der Waals surface area (Å²) in [4.78, 5) is 24.8. The zero-order valence-corrected chi connectivity index (χ0v) is 15.0. The Morgan fingerprint density at radius 3 is 2.60 bits per heavy atom. The topological polar surface area (TPSA) is 98.3 Å². The van der Waals surface area contributed by atoms with E-state index < -0.39 is 5.97 Å². The van der Waals surface area contributed by atoms with Gasteiger partial charge in [0, 0.05) is 23.7 Å². The molecule has 0 aliphatic rings. The van der Waals surface area contributed by atoms with Gasteiger partial charge in [0.2, 0.25) is 0 Å². The summed E-state index contributed by atoms with van der Waals surface area (Å²) in [6.07, 6.45) is 0. The molecule has 7 heteroatoms. The number of carbonyl (C=O) groups is 2. The fourth-order valence-corrected chi connectivity index (χ4v) is 2.31. The van der Waals surface area contributed by atoms with Crippen molar-refractivity contribution in [3.05, 3.63) is 47.3 Å². The molecule has 0 saturated heterocycles. The Morgan fingerprint density at radius 1 is 1.28 bits per heavy atom. The third-order valence-electron chi connectivity index (χ3n) is 3.71. The van der Waals surface area contributed by atoms with Crippen molar-refractivity contribution in [1.29, 1.82) is 0 Å². The molecule has 0 aliphatic carbocycles. The second kappa shape index (κ2) is 7.38. The van der Waals surface area contributed by atoms with Crippen LogP contribution < -0.4 is 5.32 Å². The summed E-state index contributed by atoms with van der Waals surface area (Å²) in [5.74, 6) is -1.10. The third kappa shape index (κ3) is 5.07. The van der Waals surface area contributed by atoms with E-state index >= 15 is 0 Å². The number of H-pyrrole nitrogens is 1. The van der Waals surface area contributed by atoms with Crippen molar-refractivity contribution in [2.75, 3.05) is 18.9 Å². The fraction of sp³-hybridized carbons (Fsp3) is 0.389. The summed E-state index contributed by atoms with van der Waals surface area (Å²) < 4.78 is 0. The van der Waals surface area contributed by atoms with Crippen LogP contribution >= 0.6 is 0 Å². The molecule has 1 amide bonds. The molecule has 0 bridgehead atoms. The van der Waals surface area contributed by atoms with E-state index in [1.165, 1.54) is 0 Å². The maximum absolute atomic E-state index is 12.6. The van der Waals surface area contributed by atoms with Crippen LogP contribution in [0, 0.1) is 0 Å². The van der Waals surface area contributed by atoms with E-state index in [0.717, 1.165) is 11.4 Å². The zero-order valence-electron chi connectivity index (χ0n) is 15.0. The highest BCUT2D eigenvalue weighted by molar-refractivity contribution is 5.95. The van der Waals surface area contributed by atoms with Crippen LogP contribution in [0.5, 0.6) is 0 Å². The van der Waals surface area contributed by atoms with Gasteiger partial charge in [-0.3, -0.25) is 14.7 Å². The number of hydrogen-bond donors (Lipinski definition) is 3. The minimum atomic E-state index is -0.956. The zero-order chi connectivity index (χ0) is 18.6. The summed E-state index contributed by atoms with van der Waals surface area (Å²) in [6.45, 7) is 6.46. The SMILES string of the molecule is CN(Cc1cc(C(C)(C)C)n[nH]1)C(=O)c1cccc(NCC(=O)O)c1. The van der Waals surface area contributed by atoms with Gasteiger partial charge in [-0.05, 0) is 24.3 Å². The molecule has 2 aromatic rings. The lowest BCUT2D eigenvalue weighted by Gasteiger charge is -2.17. The molecule has 1 aromatic carbocycles. The Labute approximate surface area is 147 Å². The van der Waals surface area contributed by atoms with Gasteiger partial charge in [-0.25, -0.2) is 0 Å². The van der Waals surface area contributed by atoms with Gasteiger partial charge < -0.3 is 15.3 Å². The number of anilines is 1. The van der Waals surface area contributed by atoms with Crippen LogP contribution in [0.3, 0.4) is 0 Å². The van der Waals surface area contributed by atoms with Gasteiger partial charge in [-0.15, -0.1) is 0 Å². The van der Waals surface area contributed by atoms with Crippen molar-refractivity contribution < 1.29 is 14.7 Å². The van der Waals surface area contributed by atoms with Crippen molar-refractivity contribution >= 4 is 17.6 Å². The number of benzene rings is 1. The van der Waals surface area contributed by atoms with Gasteiger partial charge in [0.25, 0.3) is 5.91 Å². The van der Waals surface area contributed by atoms with E-state index in [4.69, 9.17) is 5.11 Å². The first kappa shape index (κ1) is 18.5. The molecule has 3 N–H and O–H groups in total. The maximum Gasteiger partial charge on any atom is 0.322 e. The fourth-order valence-electron chi connectivity index (χ4n) is 2.31. The quantitative estimate of drug-likeness (QED) is 0.748. The van der Waals surface area contributed by atoms with E-state index in [1.807, 2.05) is 6.07 Å². The summed E-state index contributed by atoms with van der Waals surface area (Å²) in [5.41, 5.74) is 2.84. The molecule has 0 fully saturated rings. The number of carboxylic acids is 1. The number of carboxylic acid groups (broad SMARTS) is 1. The normalized spacial score (nSPS) is 11.2. The van der Waals surface area contributed by atoms with Crippen LogP contribution in [-0.2, 0) is 16.8 Å². The third-order valence-corrected chi connectivity index (χ3v) is 3.71. The summed E-state index contributed by atoms with van der Waals surface area (Å²) in [7, 11) is 1.72. The molecule has 7 nitrogen and oxygen atoms in total. The minimum absolute atomic E-state index is 0.0541. The Bertz CT molecular complexity index is 762. The predicted octanol–water partition coefficient (Wildman–Crippen LogP) is 2.48. The first-order valence-electron chi connectivity index (χ1n) is 8.03. The van der Waals surface area contributed by atoms with E-state index in [-0.39, 0.29) is 17.9 Å². The molecule has 1 heterocycles. The standard InChI is InChI=1S/C18H24N4O3/c1-18(2,3)15-9-14(20-21-15)11-22(4)17(25)12-6-5-7-13(8-12)19-10-16(23)24/h5-9,19H,10-11H2,1-4H3,(H,20,21)(H,23,24). The second-order valence-electron chi connectivity index (χ2n) is 7.02. The van der Waals surface area contributed by atoms with Crippen LogP contribution in [0.1, 0.15) is 42.5 Å². The average Bonchev–Trinajstić information content (AvgIpc) is 3.01. The lowest BCUT2D eigenvalue weighted by atomic mass is 9.92. The van der Waals surface area contributed by atoms with Gasteiger partial charge in [-0.1, -0.05) is 26.8 Å². The molecule has 0 saturated carbocycles. The predicted molar refractivity (Wildman–Crippen MR) is 95.7 cm³/mol. The Morgan fingerprint density at radius 2 is 2.00 bits per heavy atom. The van der Waals surface area contributed by atoms with E-state index in [9.17, 15) is 9.59 Å². The monoisotopic (exact) mass is 344 g/mol. The molecule has 0 spiro atoms. The highest BCUT2D eigenvalue weighted by Crippen LogP contribution is 2.21. The minimum Gasteiger partial charge on any atom is -0.480 e. The van der Waals surface area contributed by atoms with Crippen LogP contribution in [0.4, 0.5) is 5.69 Å². The average molecular weight is 344 g/mol. The van der Waals surface area contributed by atoms with Crippen molar-refractivity contribution in [2.24, 2.45) is 0 Å². The number of aliphatic carboxylic acids is 1. The molecular formula is C18H24N4O3. The molecule has 1 aromatic heterocycles.